The molecule has 1 aromatic carbocycles. The fourth-order valence-corrected chi connectivity index (χ4v) is 2.92. The Hall–Kier alpha value is -3.85. The Morgan fingerprint density at radius 3 is 2.77 bits per heavy atom. The van der Waals surface area contributed by atoms with Crippen molar-refractivity contribution in [2.24, 2.45) is 0 Å². The molecular formula is C21H21N5O4. The zero-order valence-electron chi connectivity index (χ0n) is 16.3. The molecule has 0 unspecified atom stereocenters. The van der Waals surface area contributed by atoms with Crippen LogP contribution in [0.3, 0.4) is 0 Å². The average molecular weight is 407 g/mol. The van der Waals surface area contributed by atoms with Gasteiger partial charge in [0.05, 0.1) is 24.9 Å². The Morgan fingerprint density at radius 1 is 1.03 bits per heavy atom. The van der Waals surface area contributed by atoms with Gasteiger partial charge in [-0.05, 0) is 30.3 Å². The summed E-state index contributed by atoms with van der Waals surface area (Å²) in [5, 5.41) is 20.0. The number of hydrogen-bond acceptors (Lipinski definition) is 8. The maximum absolute atomic E-state index is 9.02. The summed E-state index contributed by atoms with van der Waals surface area (Å²) in [5.41, 5.74) is 2.35. The average Bonchev–Trinajstić information content (AvgIpc) is 3.21. The molecule has 0 amide bonds. The number of aromatic amines is 1. The Morgan fingerprint density at radius 2 is 1.97 bits per heavy atom. The monoisotopic (exact) mass is 407 g/mol. The molecule has 9 heteroatoms. The molecule has 9 nitrogen and oxygen atoms in total. The van der Waals surface area contributed by atoms with E-state index in [2.05, 4.69) is 25.5 Å². The van der Waals surface area contributed by atoms with E-state index in [0.717, 1.165) is 16.9 Å². The number of nitrogens with zero attached hydrogens (tertiary/aromatic N) is 3. The van der Waals surface area contributed by atoms with Crippen LogP contribution < -0.4 is 19.5 Å². The van der Waals surface area contributed by atoms with Crippen LogP contribution in [0.2, 0.25) is 0 Å². The van der Waals surface area contributed by atoms with Crippen LogP contribution >= 0.6 is 0 Å². The fraction of sp³-hybridized carbons (Fsp3) is 0.190. The predicted octanol–water partition coefficient (Wildman–Crippen LogP) is 3.06. The van der Waals surface area contributed by atoms with Gasteiger partial charge in [0.1, 0.15) is 24.4 Å². The van der Waals surface area contributed by atoms with E-state index in [1.807, 2.05) is 36.4 Å². The van der Waals surface area contributed by atoms with Gasteiger partial charge in [0.15, 0.2) is 11.5 Å². The molecule has 154 valence electrons. The maximum Gasteiger partial charge on any atom is 0.244 e. The summed E-state index contributed by atoms with van der Waals surface area (Å²) < 4.78 is 16.8. The van der Waals surface area contributed by atoms with Crippen LogP contribution in [0, 0.1) is 0 Å². The van der Waals surface area contributed by atoms with E-state index in [1.54, 1.807) is 25.6 Å². The molecule has 0 saturated carbocycles. The lowest BCUT2D eigenvalue weighted by Crippen LogP contribution is -2.03. The number of aliphatic hydroxyl groups excluding tert-OH is 1. The van der Waals surface area contributed by atoms with Gasteiger partial charge < -0.3 is 24.6 Å². The van der Waals surface area contributed by atoms with Crippen molar-refractivity contribution >= 4 is 22.4 Å². The highest BCUT2D eigenvalue weighted by Gasteiger charge is 2.14. The first-order valence-electron chi connectivity index (χ1n) is 9.33. The molecule has 4 aromatic rings. The van der Waals surface area contributed by atoms with Crippen LogP contribution in [0.1, 0.15) is 5.69 Å². The van der Waals surface area contributed by atoms with Gasteiger partial charge >= 0.3 is 0 Å². The molecular weight excluding hydrogens is 386 g/mol. The number of nitrogens with one attached hydrogen (secondary N) is 2. The van der Waals surface area contributed by atoms with E-state index in [0.29, 0.717) is 35.2 Å². The molecule has 0 fully saturated rings. The molecule has 0 aliphatic carbocycles. The first kappa shape index (κ1) is 19.5. The normalized spacial score (nSPS) is 10.7. The third kappa shape index (κ3) is 4.26. The number of methoxy groups -OCH3 is 1. The van der Waals surface area contributed by atoms with Crippen LogP contribution in [0.25, 0.3) is 10.9 Å². The highest BCUT2D eigenvalue weighted by atomic mass is 16.5. The number of rotatable bonds is 9. The zero-order chi connectivity index (χ0) is 20.8. The van der Waals surface area contributed by atoms with Gasteiger partial charge in [0, 0.05) is 24.1 Å². The number of aliphatic hydroxyl groups is 1. The Bertz CT molecular complexity index is 1120. The van der Waals surface area contributed by atoms with Gasteiger partial charge in [-0.1, -0.05) is 6.07 Å². The van der Waals surface area contributed by atoms with Crippen molar-refractivity contribution < 1.29 is 19.3 Å². The minimum absolute atomic E-state index is 0.103. The molecule has 0 aliphatic rings. The number of aromatic nitrogens is 4. The number of H-pyrrole nitrogens is 1. The molecule has 3 heterocycles. The molecule has 30 heavy (non-hydrogen) atoms. The lowest BCUT2D eigenvalue weighted by molar-refractivity contribution is 0.198. The maximum atomic E-state index is 9.02. The predicted molar refractivity (Wildman–Crippen MR) is 111 cm³/mol. The summed E-state index contributed by atoms with van der Waals surface area (Å²) >= 11 is 0. The standard InChI is InChI=1S/C21H21N5O4/c1-28-18-12-14(5-6-17(18)30-13-15-4-2-3-8-22-15)24-20-19-16(7-9-23-20)25-26-21(19)29-11-10-27/h2-9,12,27H,10-11,13H2,1H3,(H,23,24)(H,25,26). The number of ether oxygens (including phenoxy) is 3. The van der Waals surface area contributed by atoms with Crippen molar-refractivity contribution in [3.63, 3.8) is 0 Å². The van der Waals surface area contributed by atoms with Crippen molar-refractivity contribution in [3.8, 4) is 17.4 Å². The van der Waals surface area contributed by atoms with E-state index >= 15 is 0 Å². The van der Waals surface area contributed by atoms with Crippen molar-refractivity contribution in [2.75, 3.05) is 25.6 Å². The quantitative estimate of drug-likeness (QED) is 0.388. The van der Waals surface area contributed by atoms with E-state index in [-0.39, 0.29) is 13.2 Å². The summed E-state index contributed by atoms with van der Waals surface area (Å²) in [4.78, 5) is 8.66. The number of benzene rings is 1. The van der Waals surface area contributed by atoms with Crippen LogP contribution in [-0.4, -0.2) is 45.6 Å². The Kier molecular flexibility index (Phi) is 5.90. The fourth-order valence-electron chi connectivity index (χ4n) is 2.92. The zero-order valence-corrected chi connectivity index (χ0v) is 16.3. The van der Waals surface area contributed by atoms with Crippen molar-refractivity contribution in [2.45, 2.75) is 6.61 Å². The van der Waals surface area contributed by atoms with E-state index in [9.17, 15) is 0 Å². The summed E-state index contributed by atoms with van der Waals surface area (Å²) in [7, 11) is 1.59. The summed E-state index contributed by atoms with van der Waals surface area (Å²) in [5.74, 6) is 2.12. The lowest BCUT2D eigenvalue weighted by atomic mass is 10.2. The van der Waals surface area contributed by atoms with Gasteiger partial charge in [-0.3, -0.25) is 10.1 Å². The van der Waals surface area contributed by atoms with Gasteiger partial charge in [0.25, 0.3) is 0 Å². The first-order valence-corrected chi connectivity index (χ1v) is 9.33. The first-order chi connectivity index (χ1) is 14.8. The number of hydrogen-bond donors (Lipinski definition) is 3. The topological polar surface area (TPSA) is 114 Å². The molecule has 0 radical (unpaired) electrons. The smallest absolute Gasteiger partial charge is 0.244 e. The summed E-state index contributed by atoms with van der Waals surface area (Å²) in [6, 6.07) is 13.0. The molecule has 3 N–H and O–H groups in total. The van der Waals surface area contributed by atoms with Crippen molar-refractivity contribution in [1.29, 1.82) is 0 Å². The van der Waals surface area contributed by atoms with E-state index in [1.165, 1.54) is 0 Å². The lowest BCUT2D eigenvalue weighted by Gasteiger charge is -2.13. The molecule has 0 saturated heterocycles. The minimum atomic E-state index is -0.103. The third-order valence-corrected chi connectivity index (χ3v) is 4.30. The molecule has 0 spiro atoms. The minimum Gasteiger partial charge on any atom is -0.493 e. The molecule has 0 atom stereocenters. The second-order valence-electron chi connectivity index (χ2n) is 6.28. The molecule has 0 aliphatic heterocycles. The SMILES string of the molecule is COc1cc(Nc2nccc3[nH]nc(OCCO)c23)ccc1OCc1ccccn1. The largest absolute Gasteiger partial charge is 0.493 e. The summed E-state index contributed by atoms with van der Waals surface area (Å²) in [6.45, 7) is 0.379. The van der Waals surface area contributed by atoms with E-state index in [4.69, 9.17) is 19.3 Å². The second-order valence-corrected chi connectivity index (χ2v) is 6.28. The van der Waals surface area contributed by atoms with Gasteiger partial charge in [-0.15, -0.1) is 5.10 Å². The molecule has 0 bridgehead atoms. The number of pyridine rings is 2. The summed E-state index contributed by atoms with van der Waals surface area (Å²) in [6.07, 6.45) is 3.39. The van der Waals surface area contributed by atoms with Crippen LogP contribution in [-0.2, 0) is 6.61 Å². The Balaban J connectivity index is 1.56. The molecule has 4 rings (SSSR count). The molecule has 3 aromatic heterocycles. The Labute approximate surface area is 172 Å². The van der Waals surface area contributed by atoms with Crippen molar-refractivity contribution in [3.05, 3.63) is 60.6 Å². The highest BCUT2D eigenvalue weighted by molar-refractivity contribution is 5.95. The van der Waals surface area contributed by atoms with Gasteiger partial charge in [0.2, 0.25) is 5.88 Å². The number of fused-ring (bicyclic) bond motifs is 1. The van der Waals surface area contributed by atoms with Gasteiger partial charge in [-0.25, -0.2) is 4.98 Å². The van der Waals surface area contributed by atoms with Gasteiger partial charge in [-0.2, -0.15) is 0 Å². The highest BCUT2D eigenvalue weighted by Crippen LogP contribution is 2.34. The van der Waals surface area contributed by atoms with Crippen molar-refractivity contribution in [1.82, 2.24) is 20.2 Å². The van der Waals surface area contributed by atoms with E-state index < -0.39 is 0 Å². The second kappa shape index (κ2) is 9.10. The van der Waals surface area contributed by atoms with Crippen LogP contribution in [0.4, 0.5) is 11.5 Å². The van der Waals surface area contributed by atoms with Crippen LogP contribution in [0.5, 0.6) is 17.4 Å². The number of anilines is 2. The van der Waals surface area contributed by atoms with Crippen LogP contribution in [0.15, 0.2) is 54.9 Å². The third-order valence-electron chi connectivity index (χ3n) is 4.30.